The predicted molar refractivity (Wildman–Crippen MR) is 136 cm³/mol. The molecule has 0 radical (unpaired) electrons. The van der Waals surface area contributed by atoms with Gasteiger partial charge in [-0.3, -0.25) is 19.1 Å². The van der Waals surface area contributed by atoms with Crippen molar-refractivity contribution < 1.29 is 31.9 Å². The Morgan fingerprint density at radius 2 is 1.65 bits per heavy atom. The highest BCUT2D eigenvalue weighted by Gasteiger charge is 2.41. The first-order valence-electron chi connectivity index (χ1n) is 12.1. The monoisotopic (exact) mass is 554 g/mol. The molecule has 9 nitrogen and oxygen atoms in total. The predicted octanol–water partition coefficient (Wildman–Crippen LogP) is 3.66. The van der Waals surface area contributed by atoms with E-state index >= 15 is 0 Å². The fourth-order valence-corrected chi connectivity index (χ4v) is 4.74. The molecule has 0 aliphatic carbocycles. The van der Waals surface area contributed by atoms with Crippen molar-refractivity contribution in [3.05, 3.63) is 82.1 Å². The van der Waals surface area contributed by atoms with E-state index in [1.807, 2.05) is 0 Å². The standard InChI is InChI=1S/C27H22F4N6O3/c1-13-19(21-20(24(32)38)17-8-7-16(28)11-18(17)34-22(21)25(33)39)23(27(29,30)31)35-37(13)12-14-3-5-15(6-4-14)26(40)36-9-2-10-36/h3-8,11H,2,9-10,12H2,1H3,(H2,32,38)(H2,33,39). The molecular formula is C27H22F4N6O3. The van der Waals surface area contributed by atoms with Gasteiger partial charge in [0.1, 0.15) is 11.5 Å². The molecule has 4 aromatic rings. The molecule has 1 aliphatic rings. The van der Waals surface area contributed by atoms with Gasteiger partial charge in [-0.15, -0.1) is 0 Å². The molecule has 2 aromatic heterocycles. The van der Waals surface area contributed by atoms with Crippen LogP contribution in [0.3, 0.4) is 0 Å². The van der Waals surface area contributed by atoms with Gasteiger partial charge in [0.15, 0.2) is 5.69 Å². The van der Waals surface area contributed by atoms with Crippen molar-refractivity contribution in [3.63, 3.8) is 0 Å². The summed E-state index contributed by atoms with van der Waals surface area (Å²) in [6, 6.07) is 9.43. The quantitative estimate of drug-likeness (QED) is 0.351. The van der Waals surface area contributed by atoms with Crippen LogP contribution in [0.4, 0.5) is 17.6 Å². The van der Waals surface area contributed by atoms with Gasteiger partial charge in [0.2, 0.25) is 5.91 Å². The van der Waals surface area contributed by atoms with Gasteiger partial charge >= 0.3 is 6.18 Å². The van der Waals surface area contributed by atoms with Gasteiger partial charge in [-0.25, -0.2) is 9.37 Å². The third-order valence-electron chi connectivity index (χ3n) is 6.83. The van der Waals surface area contributed by atoms with Crippen LogP contribution >= 0.6 is 0 Å². The largest absolute Gasteiger partial charge is 0.435 e. The summed E-state index contributed by atoms with van der Waals surface area (Å²) in [6.07, 6.45) is -4.08. The molecule has 0 spiro atoms. The minimum absolute atomic E-state index is 0.0543. The van der Waals surface area contributed by atoms with Crippen LogP contribution < -0.4 is 11.5 Å². The number of pyridine rings is 1. The number of benzene rings is 2. The van der Waals surface area contributed by atoms with Crippen molar-refractivity contribution in [2.45, 2.75) is 26.1 Å². The van der Waals surface area contributed by atoms with Crippen LogP contribution in [0.1, 0.15) is 54.6 Å². The molecule has 1 saturated heterocycles. The highest BCUT2D eigenvalue weighted by molar-refractivity contribution is 6.15. The minimum Gasteiger partial charge on any atom is -0.366 e. The number of rotatable bonds is 6. The normalized spacial score (nSPS) is 13.4. The van der Waals surface area contributed by atoms with E-state index in [4.69, 9.17) is 11.5 Å². The summed E-state index contributed by atoms with van der Waals surface area (Å²) in [5.74, 6) is -3.29. The zero-order valence-electron chi connectivity index (χ0n) is 21.1. The van der Waals surface area contributed by atoms with Gasteiger partial charge in [0.05, 0.1) is 17.6 Å². The number of halogens is 4. The molecule has 0 atom stereocenters. The Hall–Kier alpha value is -4.81. The number of carbonyl (C=O) groups is 3. The van der Waals surface area contributed by atoms with Gasteiger partial charge < -0.3 is 16.4 Å². The number of nitrogens with zero attached hydrogens (tertiary/aromatic N) is 4. The van der Waals surface area contributed by atoms with Crippen LogP contribution in [-0.2, 0) is 12.7 Å². The Balaban J connectivity index is 1.68. The van der Waals surface area contributed by atoms with E-state index in [1.165, 1.54) is 6.92 Å². The molecule has 0 unspecified atom stereocenters. The highest BCUT2D eigenvalue weighted by atomic mass is 19.4. The van der Waals surface area contributed by atoms with Crippen LogP contribution in [-0.4, -0.2) is 50.5 Å². The number of primary amides is 2. The number of aromatic nitrogens is 3. The SMILES string of the molecule is Cc1c(-c2c(C(N)=O)nc3cc(F)ccc3c2C(N)=O)c(C(F)(F)F)nn1Cc1ccc(C(=O)N2CCC2)cc1. The zero-order chi connectivity index (χ0) is 28.9. The summed E-state index contributed by atoms with van der Waals surface area (Å²) in [7, 11) is 0. The Kier molecular flexibility index (Phi) is 6.52. The van der Waals surface area contributed by atoms with Gasteiger partial charge in [-0.1, -0.05) is 12.1 Å². The summed E-state index contributed by atoms with van der Waals surface area (Å²) in [5, 5.41) is 3.72. The lowest BCUT2D eigenvalue weighted by molar-refractivity contribution is -0.141. The maximum absolute atomic E-state index is 14.3. The van der Waals surface area contributed by atoms with Crippen LogP contribution in [0, 0.1) is 12.7 Å². The Labute approximate surface area is 224 Å². The van der Waals surface area contributed by atoms with Crippen LogP contribution in [0.2, 0.25) is 0 Å². The van der Waals surface area contributed by atoms with Gasteiger partial charge in [0, 0.05) is 46.9 Å². The van der Waals surface area contributed by atoms with Crippen LogP contribution in [0.25, 0.3) is 22.0 Å². The summed E-state index contributed by atoms with van der Waals surface area (Å²) >= 11 is 0. The highest BCUT2D eigenvalue weighted by Crippen LogP contribution is 2.42. The second kappa shape index (κ2) is 9.74. The van der Waals surface area contributed by atoms with Crippen molar-refractivity contribution in [2.75, 3.05) is 13.1 Å². The fourth-order valence-electron chi connectivity index (χ4n) is 4.74. The molecule has 13 heteroatoms. The van der Waals surface area contributed by atoms with E-state index in [9.17, 15) is 31.9 Å². The van der Waals surface area contributed by atoms with E-state index in [2.05, 4.69) is 10.1 Å². The second-order valence-electron chi connectivity index (χ2n) is 9.41. The molecule has 3 amide bonds. The molecule has 0 saturated carbocycles. The van der Waals surface area contributed by atoms with Crippen molar-refractivity contribution in [1.82, 2.24) is 19.7 Å². The van der Waals surface area contributed by atoms with Gasteiger partial charge in [-0.05, 0) is 43.2 Å². The van der Waals surface area contributed by atoms with Crippen molar-refractivity contribution in [3.8, 4) is 11.1 Å². The lowest BCUT2D eigenvalue weighted by atomic mass is 9.92. The van der Waals surface area contributed by atoms with E-state index in [-0.39, 0.29) is 29.0 Å². The first kappa shape index (κ1) is 26.8. The summed E-state index contributed by atoms with van der Waals surface area (Å²) in [4.78, 5) is 43.1. The van der Waals surface area contributed by atoms with E-state index in [1.54, 1.807) is 29.2 Å². The number of fused-ring (bicyclic) bond motifs is 1. The summed E-state index contributed by atoms with van der Waals surface area (Å²) in [5.41, 5.74) is 8.14. The zero-order valence-corrected chi connectivity index (χ0v) is 21.1. The maximum atomic E-state index is 14.3. The first-order chi connectivity index (χ1) is 18.9. The fraction of sp³-hybridized carbons (Fsp3) is 0.222. The molecule has 5 rings (SSSR count). The number of hydrogen-bond donors (Lipinski definition) is 2. The Morgan fingerprint density at radius 1 is 0.975 bits per heavy atom. The molecule has 1 aliphatic heterocycles. The third-order valence-corrected chi connectivity index (χ3v) is 6.83. The molecule has 2 aromatic carbocycles. The van der Waals surface area contributed by atoms with Crippen molar-refractivity contribution in [1.29, 1.82) is 0 Å². The Morgan fingerprint density at radius 3 is 2.20 bits per heavy atom. The summed E-state index contributed by atoms with van der Waals surface area (Å²) in [6.45, 7) is 2.56. The van der Waals surface area contributed by atoms with E-state index in [0.29, 0.717) is 24.2 Å². The average Bonchev–Trinajstić information content (AvgIpc) is 3.17. The summed E-state index contributed by atoms with van der Waals surface area (Å²) < 4.78 is 58.0. The number of amides is 3. The van der Waals surface area contributed by atoms with Crippen LogP contribution in [0.5, 0.6) is 0 Å². The lowest BCUT2D eigenvalue weighted by Crippen LogP contribution is -2.41. The van der Waals surface area contributed by atoms with E-state index in [0.717, 1.165) is 29.3 Å². The third kappa shape index (κ3) is 4.63. The molecule has 0 bridgehead atoms. The molecule has 40 heavy (non-hydrogen) atoms. The molecular weight excluding hydrogens is 532 g/mol. The van der Waals surface area contributed by atoms with Crippen LogP contribution in [0.15, 0.2) is 42.5 Å². The second-order valence-corrected chi connectivity index (χ2v) is 9.41. The van der Waals surface area contributed by atoms with Crippen molar-refractivity contribution >= 4 is 28.6 Å². The van der Waals surface area contributed by atoms with Crippen molar-refractivity contribution in [2.24, 2.45) is 11.5 Å². The topological polar surface area (TPSA) is 137 Å². The molecule has 1 fully saturated rings. The molecule has 206 valence electrons. The average molecular weight is 555 g/mol. The number of nitrogens with two attached hydrogens (primary N) is 2. The minimum atomic E-state index is -5.01. The molecule has 3 heterocycles. The number of likely N-dealkylation sites (tertiary alicyclic amines) is 1. The van der Waals surface area contributed by atoms with Gasteiger partial charge in [-0.2, -0.15) is 18.3 Å². The van der Waals surface area contributed by atoms with Gasteiger partial charge in [0.25, 0.3) is 11.8 Å². The Bertz CT molecular complexity index is 1690. The number of alkyl halides is 3. The smallest absolute Gasteiger partial charge is 0.366 e. The maximum Gasteiger partial charge on any atom is 0.435 e. The lowest BCUT2D eigenvalue weighted by Gasteiger charge is -2.30. The number of hydrogen-bond acceptors (Lipinski definition) is 5. The molecule has 4 N–H and O–H groups in total. The first-order valence-corrected chi connectivity index (χ1v) is 12.1. The van der Waals surface area contributed by atoms with E-state index < -0.39 is 51.9 Å². The number of carbonyl (C=O) groups excluding carboxylic acids is 3.